The molecule has 31 heavy (non-hydrogen) atoms. The van der Waals surface area contributed by atoms with Crippen molar-refractivity contribution in [2.75, 3.05) is 18.5 Å². The Bertz CT molecular complexity index is 1190. The predicted octanol–water partition coefficient (Wildman–Crippen LogP) is 4.45. The number of aryl methyl sites for hydroxylation is 1. The van der Waals surface area contributed by atoms with E-state index in [1.165, 1.54) is 10.9 Å². The number of nitrogens with one attached hydrogen (secondary N) is 1. The number of likely N-dealkylation sites (N-methyl/N-ethyl adjacent to an activating group) is 1. The highest BCUT2D eigenvalue weighted by atomic mass is 16.2. The lowest BCUT2D eigenvalue weighted by atomic mass is 10.1. The quantitative estimate of drug-likeness (QED) is 0.488. The predicted molar refractivity (Wildman–Crippen MR) is 126 cm³/mol. The Hall–Kier alpha value is -3.60. The van der Waals surface area contributed by atoms with E-state index in [0.29, 0.717) is 13.1 Å². The third-order valence-electron chi connectivity index (χ3n) is 5.73. The molecule has 4 rings (SSSR count). The topological polar surface area (TPSA) is 50.2 Å². The van der Waals surface area contributed by atoms with Gasteiger partial charge in [0.15, 0.2) is 0 Å². The monoisotopic (exact) mass is 412 g/mol. The van der Waals surface area contributed by atoms with Crippen LogP contribution in [0, 0.1) is 13.8 Å². The zero-order valence-corrected chi connectivity index (χ0v) is 18.3. The van der Waals surface area contributed by atoms with E-state index in [1.54, 1.807) is 0 Å². The second-order valence-electron chi connectivity index (χ2n) is 7.92. The van der Waals surface area contributed by atoms with E-state index in [1.807, 2.05) is 60.0 Å². The highest BCUT2D eigenvalue weighted by Crippen LogP contribution is 2.25. The van der Waals surface area contributed by atoms with E-state index < -0.39 is 0 Å². The van der Waals surface area contributed by atoms with Crippen LogP contribution in [0.5, 0.6) is 0 Å². The Morgan fingerprint density at radius 2 is 1.68 bits per heavy atom. The number of hydrogen-bond donors (Lipinski definition) is 1. The van der Waals surface area contributed by atoms with Crippen molar-refractivity contribution in [3.05, 3.63) is 95.3 Å². The summed E-state index contributed by atoms with van der Waals surface area (Å²) in [5.41, 5.74) is 5.38. The third-order valence-corrected chi connectivity index (χ3v) is 5.73. The number of aromatic nitrogens is 2. The molecule has 0 spiro atoms. The molecule has 0 unspecified atom stereocenters. The van der Waals surface area contributed by atoms with Gasteiger partial charge in [-0.25, -0.2) is 0 Å². The molecule has 0 saturated heterocycles. The maximum Gasteiger partial charge on any atom is 0.239 e. The number of nitrogens with zero attached hydrogens (tertiary/aromatic N) is 3. The summed E-state index contributed by atoms with van der Waals surface area (Å²) < 4.78 is 2.01. The second kappa shape index (κ2) is 9.04. The number of benzene rings is 3. The molecule has 1 N–H and O–H groups in total. The van der Waals surface area contributed by atoms with Crippen molar-refractivity contribution in [1.29, 1.82) is 0 Å². The van der Waals surface area contributed by atoms with Crippen molar-refractivity contribution < 1.29 is 4.79 Å². The van der Waals surface area contributed by atoms with E-state index in [0.717, 1.165) is 34.6 Å². The molecule has 0 bridgehead atoms. The minimum atomic E-state index is -0.00922. The zero-order valence-electron chi connectivity index (χ0n) is 18.3. The number of carbonyl (C=O) groups is 1. The van der Waals surface area contributed by atoms with Crippen molar-refractivity contribution in [2.45, 2.75) is 26.9 Å². The van der Waals surface area contributed by atoms with Gasteiger partial charge in [0.25, 0.3) is 0 Å². The first-order valence-electron chi connectivity index (χ1n) is 10.6. The van der Waals surface area contributed by atoms with Gasteiger partial charge in [-0.15, -0.1) is 0 Å². The lowest BCUT2D eigenvalue weighted by molar-refractivity contribution is -0.119. The van der Waals surface area contributed by atoms with Crippen LogP contribution < -0.4 is 10.2 Å². The van der Waals surface area contributed by atoms with Crippen molar-refractivity contribution in [1.82, 2.24) is 15.1 Å². The summed E-state index contributed by atoms with van der Waals surface area (Å²) in [5, 5.41) is 10.1. The third kappa shape index (κ3) is 4.61. The van der Waals surface area contributed by atoms with E-state index in [2.05, 4.69) is 53.7 Å². The van der Waals surface area contributed by atoms with Crippen molar-refractivity contribution in [2.24, 2.45) is 0 Å². The summed E-state index contributed by atoms with van der Waals surface area (Å²) in [6.07, 6.45) is 0. The maximum atomic E-state index is 12.7. The molecule has 0 fully saturated rings. The number of carbonyl (C=O) groups excluding carboxylic acids is 1. The summed E-state index contributed by atoms with van der Waals surface area (Å²) in [5.74, 6) is -0.00922. The molecule has 0 saturated carbocycles. The normalized spacial score (nSPS) is 10.9. The van der Waals surface area contributed by atoms with Crippen LogP contribution in [0.15, 0.2) is 72.8 Å². The molecule has 0 radical (unpaired) electrons. The van der Waals surface area contributed by atoms with Gasteiger partial charge in [0.1, 0.15) is 0 Å². The molecule has 0 atom stereocenters. The number of rotatable bonds is 7. The molecule has 158 valence electrons. The molecule has 1 heterocycles. The highest BCUT2D eigenvalue weighted by molar-refractivity contribution is 5.95. The van der Waals surface area contributed by atoms with Gasteiger partial charge >= 0.3 is 0 Å². The molecular weight excluding hydrogens is 384 g/mol. The molecule has 0 aliphatic carbocycles. The summed E-state index contributed by atoms with van der Waals surface area (Å²) in [6.45, 7) is 5.56. The van der Waals surface area contributed by atoms with Crippen molar-refractivity contribution in [3.63, 3.8) is 0 Å². The molecule has 0 aliphatic heterocycles. The van der Waals surface area contributed by atoms with E-state index in [9.17, 15) is 4.79 Å². The molecule has 1 aromatic heterocycles. The maximum absolute atomic E-state index is 12.7. The van der Waals surface area contributed by atoms with Gasteiger partial charge in [0.2, 0.25) is 5.91 Å². The smallest absolute Gasteiger partial charge is 0.239 e. The first-order chi connectivity index (χ1) is 15.0. The lowest BCUT2D eigenvalue weighted by Gasteiger charge is -2.20. The number of anilines is 1. The number of amides is 1. The molecule has 5 nitrogen and oxygen atoms in total. The minimum Gasteiger partial charge on any atom is -0.365 e. The zero-order chi connectivity index (χ0) is 21.8. The molecule has 4 aromatic rings. The largest absolute Gasteiger partial charge is 0.365 e. The van der Waals surface area contributed by atoms with E-state index in [4.69, 9.17) is 0 Å². The first-order valence-corrected chi connectivity index (χ1v) is 10.6. The van der Waals surface area contributed by atoms with Gasteiger partial charge in [0, 0.05) is 35.9 Å². The number of fused-ring (bicyclic) bond motifs is 1. The number of hydrogen-bond acceptors (Lipinski definition) is 3. The van der Waals surface area contributed by atoms with Crippen LogP contribution in [-0.4, -0.2) is 29.3 Å². The van der Waals surface area contributed by atoms with Crippen LogP contribution in [0.2, 0.25) is 0 Å². The van der Waals surface area contributed by atoms with Crippen LogP contribution >= 0.6 is 0 Å². The summed E-state index contributed by atoms with van der Waals surface area (Å²) >= 11 is 0. The summed E-state index contributed by atoms with van der Waals surface area (Å²) in [4.78, 5) is 14.7. The summed E-state index contributed by atoms with van der Waals surface area (Å²) in [6, 6.07) is 24.7. The fraction of sp³-hybridized carbons (Fsp3) is 0.231. The molecule has 1 amide bonds. The highest BCUT2D eigenvalue weighted by Gasteiger charge is 2.14. The van der Waals surface area contributed by atoms with Crippen LogP contribution in [0.25, 0.3) is 10.8 Å². The summed E-state index contributed by atoms with van der Waals surface area (Å²) in [7, 11) is 1.95. The Morgan fingerprint density at radius 3 is 2.48 bits per heavy atom. The average Bonchev–Trinajstić information content (AvgIpc) is 3.04. The second-order valence-corrected chi connectivity index (χ2v) is 7.92. The lowest BCUT2D eigenvalue weighted by Crippen LogP contribution is -2.35. The van der Waals surface area contributed by atoms with Gasteiger partial charge in [0.05, 0.1) is 18.8 Å². The van der Waals surface area contributed by atoms with Gasteiger partial charge in [-0.2, -0.15) is 5.10 Å². The Labute approximate surface area is 183 Å². The Kier molecular flexibility index (Phi) is 6.03. The molecule has 0 aliphatic rings. The van der Waals surface area contributed by atoms with E-state index in [-0.39, 0.29) is 5.91 Å². The first kappa shape index (κ1) is 20.7. The Balaban J connectivity index is 1.41. The van der Waals surface area contributed by atoms with Crippen LogP contribution in [0.1, 0.15) is 22.5 Å². The van der Waals surface area contributed by atoms with Gasteiger partial charge < -0.3 is 10.2 Å². The average molecular weight is 413 g/mol. The molecular formula is C26H28N4O. The van der Waals surface area contributed by atoms with Crippen molar-refractivity contribution in [3.8, 4) is 0 Å². The standard InChI is InChI=1S/C26H28N4O/c1-19-24(20(2)30(28-19)17-21-10-5-4-6-11-21)16-27-26(31)18-29(3)25-15-9-13-22-12-7-8-14-23(22)25/h4-15H,16-18H2,1-3H3,(H,27,31). The van der Waals surface area contributed by atoms with Crippen LogP contribution in [0.4, 0.5) is 5.69 Å². The van der Waals surface area contributed by atoms with Crippen molar-refractivity contribution >= 4 is 22.4 Å². The van der Waals surface area contributed by atoms with Gasteiger partial charge in [-0.3, -0.25) is 9.48 Å². The fourth-order valence-electron chi connectivity index (χ4n) is 3.98. The van der Waals surface area contributed by atoms with E-state index >= 15 is 0 Å². The molecule has 3 aromatic carbocycles. The minimum absolute atomic E-state index is 0.00922. The fourth-order valence-corrected chi connectivity index (χ4v) is 3.98. The SMILES string of the molecule is Cc1nn(Cc2ccccc2)c(C)c1CNC(=O)CN(C)c1cccc2ccccc12. The molecule has 5 heteroatoms. The van der Waals surface area contributed by atoms with Gasteiger partial charge in [-0.05, 0) is 30.9 Å². The van der Waals surface area contributed by atoms with Gasteiger partial charge in [-0.1, -0.05) is 66.7 Å². The Morgan fingerprint density at radius 1 is 0.968 bits per heavy atom. The van der Waals surface area contributed by atoms with Crippen LogP contribution in [0.3, 0.4) is 0 Å². The van der Waals surface area contributed by atoms with Crippen LogP contribution in [-0.2, 0) is 17.9 Å².